The van der Waals surface area contributed by atoms with Gasteiger partial charge in [-0.3, -0.25) is 0 Å². The normalized spacial score (nSPS) is 17.3. The third-order valence-corrected chi connectivity index (χ3v) is 4.52. The first kappa shape index (κ1) is 16.3. The maximum atomic E-state index is 5.66. The van der Waals surface area contributed by atoms with E-state index in [0.29, 0.717) is 6.04 Å². The van der Waals surface area contributed by atoms with Crippen molar-refractivity contribution in [3.8, 4) is 5.75 Å². The zero-order valence-electron chi connectivity index (χ0n) is 13.8. The van der Waals surface area contributed by atoms with Crippen molar-refractivity contribution in [3.63, 3.8) is 0 Å². The Morgan fingerprint density at radius 2 is 1.90 bits per heavy atom. The second kappa shape index (κ2) is 8.40. The van der Waals surface area contributed by atoms with E-state index >= 15 is 0 Å². The molecular formula is C18H30N2O. The summed E-state index contributed by atoms with van der Waals surface area (Å²) < 4.78 is 5.66. The molecule has 2 rings (SSSR count). The van der Waals surface area contributed by atoms with Crippen LogP contribution in [-0.4, -0.2) is 38.2 Å². The van der Waals surface area contributed by atoms with Gasteiger partial charge in [0.15, 0.2) is 0 Å². The smallest absolute Gasteiger partial charge is 0.119 e. The Morgan fingerprint density at radius 3 is 2.48 bits per heavy atom. The Balaban J connectivity index is 1.93. The topological polar surface area (TPSA) is 24.5 Å². The number of ether oxygens (including phenoxy) is 1. The highest BCUT2D eigenvalue weighted by atomic mass is 16.5. The molecule has 1 N–H and O–H groups in total. The van der Waals surface area contributed by atoms with Gasteiger partial charge in [-0.05, 0) is 51.1 Å². The summed E-state index contributed by atoms with van der Waals surface area (Å²) in [5.41, 5.74) is 1.34. The molecule has 3 nitrogen and oxygen atoms in total. The highest BCUT2D eigenvalue weighted by Crippen LogP contribution is 2.25. The molecule has 0 amide bonds. The molecule has 21 heavy (non-hydrogen) atoms. The Labute approximate surface area is 129 Å². The van der Waals surface area contributed by atoms with Crippen LogP contribution in [-0.2, 0) is 0 Å². The molecular weight excluding hydrogens is 260 g/mol. The molecule has 0 saturated heterocycles. The maximum Gasteiger partial charge on any atom is 0.119 e. The zero-order valence-corrected chi connectivity index (χ0v) is 13.8. The number of nitrogens with zero attached hydrogens (tertiary/aromatic N) is 1. The van der Waals surface area contributed by atoms with E-state index in [9.17, 15) is 0 Å². The van der Waals surface area contributed by atoms with Crippen molar-refractivity contribution in [3.05, 3.63) is 29.8 Å². The number of rotatable bonds is 8. The van der Waals surface area contributed by atoms with Gasteiger partial charge in [-0.15, -0.1) is 0 Å². The number of nitrogens with one attached hydrogen (secondary N) is 1. The van der Waals surface area contributed by atoms with E-state index in [1.165, 1.54) is 31.2 Å². The maximum absolute atomic E-state index is 5.66. The van der Waals surface area contributed by atoms with Crippen molar-refractivity contribution in [1.29, 1.82) is 0 Å². The minimum absolute atomic E-state index is 0.385. The predicted octanol–water partition coefficient (Wildman–Crippen LogP) is 3.61. The van der Waals surface area contributed by atoms with Crippen molar-refractivity contribution in [2.24, 2.45) is 0 Å². The van der Waals surface area contributed by atoms with Gasteiger partial charge in [-0.1, -0.05) is 31.9 Å². The summed E-state index contributed by atoms with van der Waals surface area (Å²) in [5.74, 6) is 0.972. The fourth-order valence-electron chi connectivity index (χ4n) is 3.16. The van der Waals surface area contributed by atoms with Crippen LogP contribution in [0.1, 0.15) is 50.6 Å². The molecule has 1 unspecified atom stereocenters. The third-order valence-electron chi connectivity index (χ3n) is 4.52. The SMILES string of the molecule is CCCOc1ccc(C(CN(C)C2CCCC2)NC)cc1. The second-order valence-corrected chi connectivity index (χ2v) is 6.14. The molecule has 0 aliphatic heterocycles. The highest BCUT2D eigenvalue weighted by Gasteiger charge is 2.22. The second-order valence-electron chi connectivity index (χ2n) is 6.14. The van der Waals surface area contributed by atoms with Crippen LogP contribution in [0.2, 0.25) is 0 Å². The summed E-state index contributed by atoms with van der Waals surface area (Å²) in [4.78, 5) is 2.52. The molecule has 0 spiro atoms. The minimum atomic E-state index is 0.385. The van der Waals surface area contributed by atoms with E-state index in [1.54, 1.807) is 0 Å². The lowest BCUT2D eigenvalue weighted by Crippen LogP contribution is -2.36. The van der Waals surface area contributed by atoms with Crippen molar-refractivity contribution in [2.75, 3.05) is 27.2 Å². The molecule has 1 fully saturated rings. The van der Waals surface area contributed by atoms with E-state index in [4.69, 9.17) is 4.74 Å². The van der Waals surface area contributed by atoms with Crippen LogP contribution in [0.3, 0.4) is 0 Å². The number of hydrogen-bond acceptors (Lipinski definition) is 3. The van der Waals surface area contributed by atoms with E-state index in [2.05, 4.69) is 55.5 Å². The number of benzene rings is 1. The molecule has 1 aromatic rings. The Hall–Kier alpha value is -1.06. The van der Waals surface area contributed by atoms with Gasteiger partial charge in [-0.2, -0.15) is 0 Å². The quantitative estimate of drug-likeness (QED) is 0.791. The van der Waals surface area contributed by atoms with Gasteiger partial charge < -0.3 is 15.0 Å². The van der Waals surface area contributed by atoms with Gasteiger partial charge in [0.1, 0.15) is 5.75 Å². The Morgan fingerprint density at radius 1 is 1.24 bits per heavy atom. The van der Waals surface area contributed by atoms with E-state index < -0.39 is 0 Å². The summed E-state index contributed by atoms with van der Waals surface area (Å²) in [6.07, 6.45) is 6.55. The van der Waals surface area contributed by atoms with Crippen LogP contribution in [0.25, 0.3) is 0 Å². The van der Waals surface area contributed by atoms with Crippen molar-refractivity contribution >= 4 is 0 Å². The van der Waals surface area contributed by atoms with Gasteiger partial charge in [0, 0.05) is 18.6 Å². The summed E-state index contributed by atoms with van der Waals surface area (Å²) >= 11 is 0. The summed E-state index contributed by atoms with van der Waals surface area (Å²) in [7, 11) is 4.31. The lowest BCUT2D eigenvalue weighted by atomic mass is 10.1. The van der Waals surface area contributed by atoms with E-state index in [1.807, 2.05) is 0 Å². The van der Waals surface area contributed by atoms with Crippen molar-refractivity contribution < 1.29 is 4.74 Å². The van der Waals surface area contributed by atoms with Crippen LogP contribution >= 0.6 is 0 Å². The first-order chi connectivity index (χ1) is 10.2. The summed E-state index contributed by atoms with van der Waals surface area (Å²) in [6.45, 7) is 3.99. The van der Waals surface area contributed by atoms with Crippen LogP contribution in [0, 0.1) is 0 Å². The average molecular weight is 290 g/mol. The van der Waals surface area contributed by atoms with Crippen LogP contribution in [0.4, 0.5) is 0 Å². The molecule has 0 heterocycles. The molecule has 1 aliphatic rings. The molecule has 1 saturated carbocycles. The zero-order chi connectivity index (χ0) is 15.1. The molecule has 0 aromatic heterocycles. The van der Waals surface area contributed by atoms with Gasteiger partial charge >= 0.3 is 0 Å². The largest absolute Gasteiger partial charge is 0.494 e. The standard InChI is InChI=1S/C18H30N2O/c1-4-13-21-17-11-9-15(10-12-17)18(19-2)14-20(3)16-7-5-6-8-16/h9-12,16,18-19H,4-8,13-14H2,1-3H3. The average Bonchev–Trinajstić information content (AvgIpc) is 3.05. The Kier molecular flexibility index (Phi) is 6.52. The fraction of sp³-hybridized carbons (Fsp3) is 0.667. The van der Waals surface area contributed by atoms with E-state index in [-0.39, 0.29) is 0 Å². The fourth-order valence-corrected chi connectivity index (χ4v) is 3.16. The minimum Gasteiger partial charge on any atom is -0.494 e. The highest BCUT2D eigenvalue weighted by molar-refractivity contribution is 5.29. The Bertz CT molecular complexity index is 398. The van der Waals surface area contributed by atoms with Crippen molar-refractivity contribution in [2.45, 2.75) is 51.1 Å². The summed E-state index contributed by atoms with van der Waals surface area (Å²) in [6, 6.07) is 9.71. The molecule has 1 atom stereocenters. The molecule has 118 valence electrons. The molecule has 1 aromatic carbocycles. The van der Waals surface area contributed by atoms with E-state index in [0.717, 1.165) is 31.4 Å². The first-order valence-corrected chi connectivity index (χ1v) is 8.35. The molecule has 1 aliphatic carbocycles. The monoisotopic (exact) mass is 290 g/mol. The lowest BCUT2D eigenvalue weighted by Gasteiger charge is -2.29. The van der Waals surface area contributed by atoms with Gasteiger partial charge in [-0.25, -0.2) is 0 Å². The number of hydrogen-bond donors (Lipinski definition) is 1. The molecule has 3 heteroatoms. The molecule has 0 bridgehead atoms. The van der Waals surface area contributed by atoms with Crippen LogP contribution in [0.15, 0.2) is 24.3 Å². The van der Waals surface area contributed by atoms with Crippen LogP contribution in [0.5, 0.6) is 5.75 Å². The first-order valence-electron chi connectivity index (χ1n) is 8.35. The lowest BCUT2D eigenvalue weighted by molar-refractivity contribution is 0.222. The predicted molar refractivity (Wildman–Crippen MR) is 88.9 cm³/mol. The van der Waals surface area contributed by atoms with Crippen LogP contribution < -0.4 is 10.1 Å². The van der Waals surface area contributed by atoms with Gasteiger partial charge in [0.05, 0.1) is 6.61 Å². The third kappa shape index (κ3) is 4.72. The van der Waals surface area contributed by atoms with Gasteiger partial charge in [0.25, 0.3) is 0 Å². The number of likely N-dealkylation sites (N-methyl/N-ethyl adjacent to an activating group) is 2. The molecule has 0 radical (unpaired) electrons. The van der Waals surface area contributed by atoms with Gasteiger partial charge in [0.2, 0.25) is 0 Å². The summed E-state index contributed by atoms with van der Waals surface area (Å²) in [5, 5.41) is 3.45. The van der Waals surface area contributed by atoms with Crippen molar-refractivity contribution in [1.82, 2.24) is 10.2 Å².